The van der Waals surface area contributed by atoms with Gasteiger partial charge in [0, 0.05) is 17.3 Å². The van der Waals surface area contributed by atoms with Gasteiger partial charge in [-0.3, -0.25) is 0 Å². The molecule has 0 amide bonds. The number of fused-ring (bicyclic) bond motifs is 1. The lowest BCUT2D eigenvalue weighted by Crippen LogP contribution is -2.20. The average Bonchev–Trinajstić information content (AvgIpc) is 3.31. The van der Waals surface area contributed by atoms with Crippen molar-refractivity contribution in [3.63, 3.8) is 0 Å². The molecule has 25 heavy (non-hydrogen) atoms. The van der Waals surface area contributed by atoms with Crippen LogP contribution in [0.3, 0.4) is 0 Å². The van der Waals surface area contributed by atoms with Gasteiger partial charge in [-0.05, 0) is 98.6 Å². The third-order valence-electron chi connectivity index (χ3n) is 5.12. The van der Waals surface area contributed by atoms with Crippen LogP contribution in [0.4, 0.5) is 4.39 Å². The summed E-state index contributed by atoms with van der Waals surface area (Å²) in [5.74, 6) is -0.157. The van der Waals surface area contributed by atoms with Gasteiger partial charge in [0.25, 0.3) is 0 Å². The molecule has 3 aromatic rings. The highest BCUT2D eigenvalue weighted by Crippen LogP contribution is 2.27. The fourth-order valence-electron chi connectivity index (χ4n) is 3.69. The number of unbranched alkanes of at least 4 members (excludes halogenated alkanes) is 1. The number of likely N-dealkylation sites (tertiary alicyclic amines) is 1. The summed E-state index contributed by atoms with van der Waals surface area (Å²) in [7, 11) is 0. The summed E-state index contributed by atoms with van der Waals surface area (Å²) in [5.41, 5.74) is 3.87. The van der Waals surface area contributed by atoms with E-state index in [0.717, 1.165) is 35.9 Å². The van der Waals surface area contributed by atoms with E-state index in [1.54, 1.807) is 6.07 Å². The summed E-state index contributed by atoms with van der Waals surface area (Å²) in [6.07, 6.45) is 8.91. The van der Waals surface area contributed by atoms with Gasteiger partial charge in [0.1, 0.15) is 5.82 Å². The number of H-pyrrole nitrogens is 1. The Balaban J connectivity index is 1.44. The molecule has 0 saturated carbocycles. The summed E-state index contributed by atoms with van der Waals surface area (Å²) < 4.78 is 14.3. The van der Waals surface area contributed by atoms with E-state index >= 15 is 0 Å². The van der Waals surface area contributed by atoms with Gasteiger partial charge >= 0.3 is 0 Å². The molecular weight excluding hydrogens is 311 g/mol. The quantitative estimate of drug-likeness (QED) is 0.613. The lowest BCUT2D eigenvalue weighted by atomic mass is 9.99. The smallest absolute Gasteiger partial charge is 0.131 e. The lowest BCUT2D eigenvalue weighted by Gasteiger charge is -2.14. The number of hydrogen-bond acceptors (Lipinski definition) is 1. The molecule has 1 N–H and O–H groups in total. The molecule has 1 aromatic heterocycles. The molecule has 0 atom stereocenters. The second-order valence-corrected chi connectivity index (χ2v) is 6.92. The number of halogens is 1. The molecule has 1 aliphatic heterocycles. The number of nitrogens with zero attached hydrogens (tertiary/aromatic N) is 1. The van der Waals surface area contributed by atoms with Crippen LogP contribution in [-0.2, 0) is 6.42 Å². The molecule has 0 aliphatic carbocycles. The Morgan fingerprint density at radius 1 is 1.04 bits per heavy atom. The van der Waals surface area contributed by atoms with E-state index in [1.165, 1.54) is 31.5 Å². The first-order valence-corrected chi connectivity index (χ1v) is 9.19. The van der Waals surface area contributed by atoms with Crippen LogP contribution in [0.2, 0.25) is 0 Å². The molecule has 129 valence electrons. The number of nitrogens with one attached hydrogen (secondary N) is 1. The highest BCUT2D eigenvalue weighted by atomic mass is 19.1. The number of aromatic amines is 1. The second kappa shape index (κ2) is 7.40. The Kier molecular flexibility index (Phi) is 4.84. The number of rotatable bonds is 6. The largest absolute Gasteiger partial charge is 0.361 e. The number of benzene rings is 2. The topological polar surface area (TPSA) is 19.0 Å². The fourth-order valence-corrected chi connectivity index (χ4v) is 3.69. The first-order chi connectivity index (χ1) is 12.3. The van der Waals surface area contributed by atoms with E-state index in [4.69, 9.17) is 0 Å². The zero-order valence-corrected chi connectivity index (χ0v) is 14.5. The van der Waals surface area contributed by atoms with E-state index in [2.05, 4.69) is 16.3 Å². The highest BCUT2D eigenvalue weighted by molar-refractivity contribution is 5.85. The van der Waals surface area contributed by atoms with Gasteiger partial charge in [0.2, 0.25) is 0 Å². The van der Waals surface area contributed by atoms with Crippen molar-refractivity contribution < 1.29 is 4.39 Å². The van der Waals surface area contributed by atoms with E-state index in [0.29, 0.717) is 5.56 Å². The zero-order valence-electron chi connectivity index (χ0n) is 14.5. The summed E-state index contributed by atoms with van der Waals surface area (Å²) in [6.45, 7) is 3.64. The predicted molar refractivity (Wildman–Crippen MR) is 102 cm³/mol. The van der Waals surface area contributed by atoms with Crippen molar-refractivity contribution in [2.24, 2.45) is 0 Å². The molecule has 2 heterocycles. The predicted octanol–water partition coefficient (Wildman–Crippen LogP) is 5.21. The maximum absolute atomic E-state index is 14.3. The van der Waals surface area contributed by atoms with Crippen LogP contribution in [0, 0.1) is 12.2 Å². The van der Waals surface area contributed by atoms with Gasteiger partial charge in [-0.2, -0.15) is 0 Å². The average molecular weight is 335 g/mol. The minimum absolute atomic E-state index is 0.157. The molecule has 1 saturated heterocycles. The van der Waals surface area contributed by atoms with Crippen molar-refractivity contribution in [3.8, 4) is 11.1 Å². The standard InChI is InChI=1S/C22H24FN2/c23-21-8-6-17(5-1-2-12-25-13-3-4-14-25)15-20(21)18-7-9-22-19(16-18)10-11-24-22/h1,6-11,15-16,24H,2-5,12-14H2. The van der Waals surface area contributed by atoms with Gasteiger partial charge in [0.05, 0.1) is 0 Å². The van der Waals surface area contributed by atoms with Crippen molar-refractivity contribution in [2.75, 3.05) is 19.6 Å². The molecule has 2 aromatic carbocycles. The summed E-state index contributed by atoms with van der Waals surface area (Å²) >= 11 is 0. The molecule has 1 fully saturated rings. The van der Waals surface area contributed by atoms with Crippen molar-refractivity contribution in [1.82, 2.24) is 9.88 Å². The van der Waals surface area contributed by atoms with Gasteiger partial charge < -0.3 is 9.88 Å². The van der Waals surface area contributed by atoms with Gasteiger partial charge in [-0.25, -0.2) is 4.39 Å². The van der Waals surface area contributed by atoms with Crippen LogP contribution >= 0.6 is 0 Å². The molecule has 4 rings (SSSR count). The molecular formula is C22H24FN2. The SMILES string of the molecule is Fc1ccc(C[CH]CCN2CCCC2)cc1-c1ccc2[nH]ccc2c1. The van der Waals surface area contributed by atoms with Crippen molar-refractivity contribution in [1.29, 1.82) is 0 Å². The van der Waals surface area contributed by atoms with Crippen LogP contribution in [0.5, 0.6) is 0 Å². The van der Waals surface area contributed by atoms with Crippen molar-refractivity contribution in [2.45, 2.75) is 25.7 Å². The minimum atomic E-state index is -0.157. The molecule has 0 spiro atoms. The lowest BCUT2D eigenvalue weighted by molar-refractivity contribution is 0.341. The molecule has 2 nitrogen and oxygen atoms in total. The molecule has 3 heteroatoms. The summed E-state index contributed by atoms with van der Waals surface area (Å²) in [5, 5.41) is 1.11. The van der Waals surface area contributed by atoms with Gasteiger partial charge in [-0.15, -0.1) is 0 Å². The minimum Gasteiger partial charge on any atom is -0.361 e. The molecule has 1 radical (unpaired) electrons. The second-order valence-electron chi connectivity index (χ2n) is 6.92. The zero-order chi connectivity index (χ0) is 17.1. The molecule has 0 bridgehead atoms. The third kappa shape index (κ3) is 3.77. The normalized spacial score (nSPS) is 15.2. The van der Waals surface area contributed by atoms with Crippen molar-refractivity contribution in [3.05, 3.63) is 66.5 Å². The first kappa shape index (κ1) is 16.3. The van der Waals surface area contributed by atoms with Gasteiger partial charge in [-0.1, -0.05) is 12.1 Å². The van der Waals surface area contributed by atoms with Crippen LogP contribution in [0.15, 0.2) is 48.7 Å². The highest BCUT2D eigenvalue weighted by Gasteiger charge is 2.11. The molecule has 1 aliphatic rings. The van der Waals surface area contributed by atoms with Crippen LogP contribution in [-0.4, -0.2) is 29.5 Å². The van der Waals surface area contributed by atoms with Crippen LogP contribution in [0.25, 0.3) is 22.0 Å². The third-order valence-corrected chi connectivity index (χ3v) is 5.12. The summed E-state index contributed by atoms with van der Waals surface area (Å²) in [6, 6.07) is 13.6. The number of aromatic nitrogens is 1. The Labute approximate surface area is 148 Å². The first-order valence-electron chi connectivity index (χ1n) is 9.19. The van der Waals surface area contributed by atoms with Crippen molar-refractivity contribution >= 4 is 10.9 Å². The Hall–Kier alpha value is -2.13. The van der Waals surface area contributed by atoms with E-state index < -0.39 is 0 Å². The number of hydrogen-bond donors (Lipinski definition) is 1. The van der Waals surface area contributed by atoms with E-state index in [1.807, 2.05) is 42.6 Å². The maximum Gasteiger partial charge on any atom is 0.131 e. The van der Waals surface area contributed by atoms with Crippen LogP contribution in [0.1, 0.15) is 24.8 Å². The Morgan fingerprint density at radius 2 is 1.92 bits per heavy atom. The molecule has 0 unspecified atom stereocenters. The summed E-state index contributed by atoms with van der Waals surface area (Å²) in [4.78, 5) is 5.71. The van der Waals surface area contributed by atoms with E-state index in [9.17, 15) is 4.39 Å². The van der Waals surface area contributed by atoms with E-state index in [-0.39, 0.29) is 5.82 Å². The Bertz CT molecular complexity index is 846. The Morgan fingerprint density at radius 3 is 2.80 bits per heavy atom. The fraction of sp³-hybridized carbons (Fsp3) is 0.318. The monoisotopic (exact) mass is 335 g/mol. The maximum atomic E-state index is 14.3. The van der Waals surface area contributed by atoms with Crippen LogP contribution < -0.4 is 0 Å². The van der Waals surface area contributed by atoms with Gasteiger partial charge in [0.15, 0.2) is 0 Å².